The summed E-state index contributed by atoms with van der Waals surface area (Å²) < 4.78 is 0. The van der Waals surface area contributed by atoms with E-state index in [-0.39, 0.29) is 10.8 Å². The summed E-state index contributed by atoms with van der Waals surface area (Å²) in [7, 11) is 0. The van der Waals surface area contributed by atoms with Gasteiger partial charge in [0.25, 0.3) is 0 Å². The number of fused-ring (bicyclic) bond motifs is 1. The number of piperazine rings is 1. The molecule has 1 saturated heterocycles. The number of alkyl halides is 1. The molecule has 4 aliphatic rings. The number of halogens is 1. The van der Waals surface area contributed by atoms with Gasteiger partial charge >= 0.3 is 0 Å². The molecule has 1 heterocycles. The molecule has 0 unspecified atom stereocenters. The molecule has 1 aliphatic heterocycles. The minimum Gasteiger partial charge on any atom is -0.332 e. The zero-order chi connectivity index (χ0) is 14.8. The molecule has 4 heteroatoms. The monoisotopic (exact) mass is 343 g/mol. The van der Waals surface area contributed by atoms with Gasteiger partial charge in [-0.05, 0) is 30.6 Å². The number of nitrogens with one attached hydrogen (secondary N) is 1. The molecule has 1 N–H and O–H groups in total. The van der Waals surface area contributed by atoms with Crippen LogP contribution >= 0.6 is 15.9 Å². The molecule has 0 aromatic rings. The molecule has 0 aromatic heterocycles. The maximum atomic E-state index is 13.2. The van der Waals surface area contributed by atoms with Crippen LogP contribution in [0.1, 0.15) is 40.5 Å². The van der Waals surface area contributed by atoms with Crippen molar-refractivity contribution in [3.05, 3.63) is 0 Å². The quantitative estimate of drug-likeness (QED) is 0.751. The summed E-state index contributed by atoms with van der Waals surface area (Å²) in [6.45, 7) is 14.5. The fraction of sp³-hybridized carbons (Fsp3) is 0.938. The lowest BCUT2D eigenvalue weighted by molar-refractivity contribution is -0.902. The Labute approximate surface area is 131 Å². The number of amides is 1. The normalized spacial score (nSPS) is 43.5. The molecule has 3 nitrogen and oxygen atoms in total. The number of likely N-dealkylation sites (N-methyl/N-ethyl adjacent to an activating group) is 1. The second-order valence-electron chi connectivity index (χ2n) is 7.77. The number of hydrogen-bond donors (Lipinski definition) is 1. The van der Waals surface area contributed by atoms with Gasteiger partial charge in [-0.25, -0.2) is 0 Å². The van der Waals surface area contributed by atoms with Crippen LogP contribution in [0.2, 0.25) is 0 Å². The maximum absolute atomic E-state index is 13.2. The molecule has 114 valence electrons. The SMILES string of the molecule is CC[NH+]1CCN(C(=O)[C@]23CC[C@](C)([C@@H]2Br)C3(C)C)CC1. The van der Waals surface area contributed by atoms with Gasteiger partial charge in [0.15, 0.2) is 0 Å². The Kier molecular flexibility index (Phi) is 3.30. The summed E-state index contributed by atoms with van der Waals surface area (Å²) in [6, 6.07) is 0. The number of nitrogens with zero attached hydrogens (tertiary/aromatic N) is 1. The summed E-state index contributed by atoms with van der Waals surface area (Å²) in [5, 5.41) is 0. The van der Waals surface area contributed by atoms with Gasteiger partial charge in [-0.3, -0.25) is 4.79 Å². The number of rotatable bonds is 2. The third-order valence-electron chi connectivity index (χ3n) is 7.21. The highest BCUT2D eigenvalue weighted by molar-refractivity contribution is 9.09. The Morgan fingerprint density at radius 1 is 1.25 bits per heavy atom. The van der Waals surface area contributed by atoms with Gasteiger partial charge in [-0.15, -0.1) is 0 Å². The molecule has 20 heavy (non-hydrogen) atoms. The van der Waals surface area contributed by atoms with Crippen LogP contribution in [-0.4, -0.2) is 48.4 Å². The Hall–Kier alpha value is -0.0900. The third-order valence-corrected chi connectivity index (χ3v) is 9.01. The smallest absolute Gasteiger partial charge is 0.230 e. The molecular weight excluding hydrogens is 316 g/mol. The van der Waals surface area contributed by atoms with Gasteiger partial charge in [-0.2, -0.15) is 0 Å². The highest BCUT2D eigenvalue weighted by atomic mass is 79.9. The summed E-state index contributed by atoms with van der Waals surface area (Å²) in [5.74, 6) is 0.425. The predicted molar refractivity (Wildman–Crippen MR) is 84.1 cm³/mol. The van der Waals surface area contributed by atoms with Crippen molar-refractivity contribution in [1.82, 2.24) is 4.90 Å². The zero-order valence-corrected chi connectivity index (χ0v) is 14.8. The van der Waals surface area contributed by atoms with Crippen molar-refractivity contribution < 1.29 is 9.69 Å². The van der Waals surface area contributed by atoms with E-state index in [0.717, 1.165) is 32.6 Å². The molecule has 4 rings (SSSR count). The van der Waals surface area contributed by atoms with Gasteiger partial charge in [0.05, 0.1) is 38.1 Å². The van der Waals surface area contributed by atoms with Crippen molar-refractivity contribution in [3.63, 3.8) is 0 Å². The lowest BCUT2D eigenvalue weighted by atomic mass is 9.43. The van der Waals surface area contributed by atoms with E-state index in [4.69, 9.17) is 0 Å². The molecule has 0 aromatic carbocycles. The van der Waals surface area contributed by atoms with E-state index in [0.29, 0.717) is 16.1 Å². The van der Waals surface area contributed by atoms with E-state index >= 15 is 0 Å². The van der Waals surface area contributed by atoms with Crippen LogP contribution in [0.4, 0.5) is 0 Å². The largest absolute Gasteiger partial charge is 0.332 e. The highest BCUT2D eigenvalue weighted by Crippen LogP contribution is 2.80. The van der Waals surface area contributed by atoms with Crippen LogP contribution in [-0.2, 0) is 4.79 Å². The average Bonchev–Trinajstić information content (AvgIpc) is 2.86. The molecular formula is C16H28BrN2O+. The first-order valence-corrected chi connectivity index (χ1v) is 9.00. The topological polar surface area (TPSA) is 24.8 Å². The zero-order valence-electron chi connectivity index (χ0n) is 13.3. The fourth-order valence-electron chi connectivity index (χ4n) is 5.09. The molecule has 2 bridgehead atoms. The Bertz CT molecular complexity index is 430. The fourth-order valence-corrected chi connectivity index (χ4v) is 6.89. The van der Waals surface area contributed by atoms with E-state index in [1.807, 2.05) is 0 Å². The second-order valence-corrected chi connectivity index (χ2v) is 8.69. The van der Waals surface area contributed by atoms with Gasteiger partial charge < -0.3 is 9.80 Å². The van der Waals surface area contributed by atoms with E-state index < -0.39 is 0 Å². The van der Waals surface area contributed by atoms with Crippen LogP contribution in [0.15, 0.2) is 0 Å². The number of carbonyl (C=O) groups is 1. The number of quaternary nitrogens is 1. The molecule has 1 amide bonds. The van der Waals surface area contributed by atoms with Crippen LogP contribution < -0.4 is 4.90 Å². The lowest BCUT2D eigenvalue weighted by Gasteiger charge is -2.65. The van der Waals surface area contributed by atoms with Crippen LogP contribution in [0.25, 0.3) is 0 Å². The van der Waals surface area contributed by atoms with E-state index in [1.54, 1.807) is 4.90 Å². The van der Waals surface area contributed by atoms with E-state index in [2.05, 4.69) is 48.5 Å². The lowest BCUT2D eigenvalue weighted by Crippen LogP contribution is -3.14. The van der Waals surface area contributed by atoms with Crippen molar-refractivity contribution in [3.8, 4) is 0 Å². The summed E-state index contributed by atoms with van der Waals surface area (Å²) in [5.41, 5.74) is 0.268. The first-order chi connectivity index (χ1) is 9.31. The first-order valence-electron chi connectivity index (χ1n) is 8.08. The van der Waals surface area contributed by atoms with Crippen molar-refractivity contribution >= 4 is 21.8 Å². The molecule has 4 fully saturated rings. The molecule has 3 atom stereocenters. The molecule has 0 spiro atoms. The van der Waals surface area contributed by atoms with Crippen LogP contribution in [0, 0.1) is 16.2 Å². The average molecular weight is 344 g/mol. The van der Waals surface area contributed by atoms with E-state index in [1.165, 1.54) is 13.0 Å². The molecule has 0 radical (unpaired) electrons. The van der Waals surface area contributed by atoms with Crippen molar-refractivity contribution in [2.45, 2.75) is 45.4 Å². The Balaban J connectivity index is 1.79. The standard InChI is InChI=1S/C16H27BrN2O/c1-5-18-8-10-19(11-9-18)13(20)16-7-6-15(4,12(16)17)14(16,2)3/h12H,5-11H2,1-4H3/p+1/t12-,15+,16-/m0/s1. The van der Waals surface area contributed by atoms with E-state index in [9.17, 15) is 4.79 Å². The van der Waals surface area contributed by atoms with Gasteiger partial charge in [0.2, 0.25) is 5.91 Å². The third kappa shape index (κ3) is 1.48. The first kappa shape index (κ1) is 14.8. The second kappa shape index (κ2) is 4.45. The van der Waals surface area contributed by atoms with Crippen molar-refractivity contribution in [1.29, 1.82) is 0 Å². The Morgan fingerprint density at radius 3 is 2.25 bits per heavy atom. The number of hydrogen-bond acceptors (Lipinski definition) is 1. The number of carbonyl (C=O) groups excluding carboxylic acids is 1. The Morgan fingerprint density at radius 2 is 1.85 bits per heavy atom. The summed E-state index contributed by atoms with van der Waals surface area (Å²) >= 11 is 3.88. The molecule has 3 aliphatic carbocycles. The van der Waals surface area contributed by atoms with Crippen LogP contribution in [0.5, 0.6) is 0 Å². The van der Waals surface area contributed by atoms with Crippen LogP contribution in [0.3, 0.4) is 0 Å². The summed E-state index contributed by atoms with van der Waals surface area (Å²) in [4.78, 5) is 17.4. The highest BCUT2D eigenvalue weighted by Gasteiger charge is 2.80. The van der Waals surface area contributed by atoms with Crippen molar-refractivity contribution in [2.75, 3.05) is 32.7 Å². The summed E-state index contributed by atoms with van der Waals surface area (Å²) in [6.07, 6.45) is 2.24. The maximum Gasteiger partial charge on any atom is 0.230 e. The van der Waals surface area contributed by atoms with Gasteiger partial charge in [-0.1, -0.05) is 36.7 Å². The molecule has 3 saturated carbocycles. The predicted octanol–water partition coefficient (Wildman–Crippen LogP) is 1.32. The van der Waals surface area contributed by atoms with Gasteiger partial charge in [0, 0.05) is 4.83 Å². The van der Waals surface area contributed by atoms with Gasteiger partial charge in [0.1, 0.15) is 0 Å². The van der Waals surface area contributed by atoms with Crippen molar-refractivity contribution in [2.24, 2.45) is 16.2 Å². The minimum absolute atomic E-state index is 0.125. The minimum atomic E-state index is -0.147.